The minimum atomic E-state index is 0.108. The number of hydrogen-bond acceptors (Lipinski definition) is 2. The van der Waals surface area contributed by atoms with Gasteiger partial charge in [0.25, 0.3) is 0 Å². The molecule has 0 aromatic rings. The third kappa shape index (κ3) is 1.70. The minimum absolute atomic E-state index is 0.108. The minimum Gasteiger partial charge on any atom is -0.353 e. The van der Waals surface area contributed by atoms with Crippen LogP contribution in [0.3, 0.4) is 0 Å². The van der Waals surface area contributed by atoms with Crippen LogP contribution in [-0.4, -0.2) is 25.0 Å². The fourth-order valence-electron chi connectivity index (χ4n) is 1.05. The lowest BCUT2D eigenvalue weighted by molar-refractivity contribution is -0.121. The van der Waals surface area contributed by atoms with Crippen LogP contribution in [0.2, 0.25) is 0 Å². The lowest BCUT2D eigenvalue weighted by atomic mass is 10.0. The molecule has 58 valence electrons. The molecule has 3 nitrogen and oxygen atoms in total. The van der Waals surface area contributed by atoms with Gasteiger partial charge < -0.3 is 10.6 Å². The predicted octanol–water partition coefficient (Wildman–Crippen LogP) is -0.270. The number of carbonyl (C=O) groups excluding carboxylic acids is 1. The Morgan fingerprint density at radius 3 is 2.70 bits per heavy atom. The summed E-state index contributed by atoms with van der Waals surface area (Å²) >= 11 is 0. The van der Waals surface area contributed by atoms with Crippen molar-refractivity contribution in [3.63, 3.8) is 0 Å². The van der Waals surface area contributed by atoms with E-state index in [9.17, 15) is 4.79 Å². The Kier molecular flexibility index (Phi) is 2.27. The maximum atomic E-state index is 10.7. The normalized spacial score (nSPS) is 26.7. The van der Waals surface area contributed by atoms with Gasteiger partial charge in [-0.25, -0.2) is 0 Å². The lowest BCUT2D eigenvalue weighted by Crippen LogP contribution is -2.53. The third-order valence-electron chi connectivity index (χ3n) is 1.85. The smallest absolute Gasteiger partial charge is 0.234 e. The third-order valence-corrected chi connectivity index (χ3v) is 1.85. The highest BCUT2D eigenvalue weighted by molar-refractivity contribution is 5.78. The average molecular weight is 142 g/mol. The molecule has 0 aromatic heterocycles. The van der Waals surface area contributed by atoms with E-state index >= 15 is 0 Å². The van der Waals surface area contributed by atoms with Gasteiger partial charge in [0.1, 0.15) is 0 Å². The van der Waals surface area contributed by atoms with Crippen LogP contribution in [-0.2, 0) is 4.79 Å². The maximum absolute atomic E-state index is 10.7. The van der Waals surface area contributed by atoms with E-state index in [0.29, 0.717) is 18.5 Å². The number of carbonyl (C=O) groups is 1. The second kappa shape index (κ2) is 3.01. The molecule has 0 radical (unpaired) electrons. The van der Waals surface area contributed by atoms with Crippen molar-refractivity contribution >= 4 is 5.91 Å². The standard InChI is InChI=1S/C7H14N2O/c1-5(2)6-3-9-7(10)4-8-6/h5-6,8H,3-4H2,1-2H3,(H,9,10)/t6-/m0/s1. The number of amides is 1. The zero-order chi connectivity index (χ0) is 7.56. The van der Waals surface area contributed by atoms with Crippen LogP contribution < -0.4 is 10.6 Å². The summed E-state index contributed by atoms with van der Waals surface area (Å²) in [4.78, 5) is 10.7. The first-order chi connectivity index (χ1) is 4.70. The zero-order valence-electron chi connectivity index (χ0n) is 6.48. The monoisotopic (exact) mass is 142 g/mol. The van der Waals surface area contributed by atoms with Crippen molar-refractivity contribution in [1.29, 1.82) is 0 Å². The number of piperazine rings is 1. The van der Waals surface area contributed by atoms with Crippen LogP contribution in [0.5, 0.6) is 0 Å². The summed E-state index contributed by atoms with van der Waals surface area (Å²) in [7, 11) is 0. The largest absolute Gasteiger partial charge is 0.353 e. The first-order valence-electron chi connectivity index (χ1n) is 3.70. The van der Waals surface area contributed by atoms with Crippen molar-refractivity contribution in [3.05, 3.63) is 0 Å². The Morgan fingerprint density at radius 1 is 1.60 bits per heavy atom. The molecule has 0 bridgehead atoms. The molecular weight excluding hydrogens is 128 g/mol. The van der Waals surface area contributed by atoms with Crippen molar-refractivity contribution in [3.8, 4) is 0 Å². The van der Waals surface area contributed by atoms with Crippen LogP contribution in [0, 0.1) is 5.92 Å². The summed E-state index contributed by atoms with van der Waals surface area (Å²) in [5.74, 6) is 0.706. The first-order valence-corrected chi connectivity index (χ1v) is 3.70. The average Bonchev–Trinajstić information content (AvgIpc) is 1.88. The van der Waals surface area contributed by atoms with E-state index in [1.807, 2.05) is 0 Å². The van der Waals surface area contributed by atoms with Crippen LogP contribution in [0.25, 0.3) is 0 Å². The highest BCUT2D eigenvalue weighted by Crippen LogP contribution is 2.01. The Labute approximate surface area is 61.2 Å². The van der Waals surface area contributed by atoms with E-state index in [-0.39, 0.29) is 5.91 Å². The lowest BCUT2D eigenvalue weighted by Gasteiger charge is -2.26. The molecule has 1 atom stereocenters. The Bertz CT molecular complexity index is 124. The van der Waals surface area contributed by atoms with Gasteiger partial charge in [0.05, 0.1) is 6.54 Å². The Hall–Kier alpha value is -0.570. The van der Waals surface area contributed by atoms with Gasteiger partial charge in [-0.1, -0.05) is 13.8 Å². The molecule has 0 aromatic carbocycles. The topological polar surface area (TPSA) is 41.1 Å². The van der Waals surface area contributed by atoms with E-state index in [2.05, 4.69) is 24.5 Å². The molecular formula is C7H14N2O. The van der Waals surface area contributed by atoms with Crippen molar-refractivity contribution in [1.82, 2.24) is 10.6 Å². The second-order valence-corrected chi connectivity index (χ2v) is 3.04. The van der Waals surface area contributed by atoms with Crippen molar-refractivity contribution < 1.29 is 4.79 Å². The fourth-order valence-corrected chi connectivity index (χ4v) is 1.05. The van der Waals surface area contributed by atoms with Gasteiger partial charge in [0.2, 0.25) is 5.91 Å². The van der Waals surface area contributed by atoms with Crippen LogP contribution in [0.1, 0.15) is 13.8 Å². The van der Waals surface area contributed by atoms with Crippen LogP contribution in [0.15, 0.2) is 0 Å². The Morgan fingerprint density at radius 2 is 2.30 bits per heavy atom. The van der Waals surface area contributed by atoms with Gasteiger partial charge >= 0.3 is 0 Å². The quantitative estimate of drug-likeness (QED) is 0.529. The molecule has 1 fully saturated rings. The van der Waals surface area contributed by atoms with Crippen LogP contribution in [0.4, 0.5) is 0 Å². The van der Waals surface area contributed by atoms with E-state index in [4.69, 9.17) is 0 Å². The van der Waals surface area contributed by atoms with Crippen molar-refractivity contribution in [2.24, 2.45) is 5.92 Å². The Balaban J connectivity index is 2.33. The van der Waals surface area contributed by atoms with E-state index in [1.54, 1.807) is 0 Å². The van der Waals surface area contributed by atoms with E-state index < -0.39 is 0 Å². The second-order valence-electron chi connectivity index (χ2n) is 3.04. The van der Waals surface area contributed by atoms with Gasteiger partial charge in [0, 0.05) is 12.6 Å². The summed E-state index contributed by atoms with van der Waals surface area (Å²) in [6.07, 6.45) is 0. The van der Waals surface area contributed by atoms with Crippen molar-refractivity contribution in [2.75, 3.05) is 13.1 Å². The zero-order valence-corrected chi connectivity index (χ0v) is 6.48. The van der Waals surface area contributed by atoms with Gasteiger partial charge in [-0.15, -0.1) is 0 Å². The van der Waals surface area contributed by atoms with Gasteiger partial charge in [-0.3, -0.25) is 4.79 Å². The highest BCUT2D eigenvalue weighted by atomic mass is 16.2. The highest BCUT2D eigenvalue weighted by Gasteiger charge is 2.18. The molecule has 1 saturated heterocycles. The summed E-state index contributed by atoms with van der Waals surface area (Å²) in [6, 6.07) is 0.456. The summed E-state index contributed by atoms with van der Waals surface area (Å²) in [5.41, 5.74) is 0. The molecule has 1 heterocycles. The SMILES string of the molecule is CC(C)[C@@H]1CNC(=O)CN1. The van der Waals surface area contributed by atoms with Gasteiger partial charge in [-0.2, -0.15) is 0 Å². The van der Waals surface area contributed by atoms with Gasteiger partial charge in [-0.05, 0) is 5.92 Å². The molecule has 0 spiro atoms. The molecule has 0 unspecified atom stereocenters. The molecule has 1 rings (SSSR count). The van der Waals surface area contributed by atoms with E-state index in [1.165, 1.54) is 0 Å². The maximum Gasteiger partial charge on any atom is 0.234 e. The van der Waals surface area contributed by atoms with Gasteiger partial charge in [0.15, 0.2) is 0 Å². The predicted molar refractivity (Wildman–Crippen MR) is 39.6 cm³/mol. The fraction of sp³-hybridized carbons (Fsp3) is 0.857. The summed E-state index contributed by atoms with van der Waals surface area (Å²) in [5, 5.41) is 5.97. The van der Waals surface area contributed by atoms with Crippen molar-refractivity contribution in [2.45, 2.75) is 19.9 Å². The molecule has 1 aliphatic rings. The molecule has 0 saturated carbocycles. The number of hydrogen-bond donors (Lipinski definition) is 2. The van der Waals surface area contributed by atoms with Crippen LogP contribution >= 0.6 is 0 Å². The number of nitrogens with one attached hydrogen (secondary N) is 2. The molecule has 10 heavy (non-hydrogen) atoms. The summed E-state index contributed by atoms with van der Waals surface area (Å²) < 4.78 is 0. The first kappa shape index (κ1) is 7.54. The molecule has 1 aliphatic heterocycles. The molecule has 3 heteroatoms. The number of rotatable bonds is 1. The molecule has 2 N–H and O–H groups in total. The molecule has 1 amide bonds. The van der Waals surface area contributed by atoms with E-state index in [0.717, 1.165) is 6.54 Å². The molecule has 0 aliphatic carbocycles. The summed E-state index contributed by atoms with van der Waals surface area (Å²) in [6.45, 7) is 5.55.